The monoisotopic (exact) mass is 509 g/mol. The van der Waals surface area contributed by atoms with E-state index in [9.17, 15) is 0 Å². The van der Waals surface area contributed by atoms with E-state index in [1.807, 2.05) is 0 Å². The molecule has 2 saturated heterocycles. The summed E-state index contributed by atoms with van der Waals surface area (Å²) in [4.78, 5) is 10.1. The number of piperidine rings is 2. The summed E-state index contributed by atoms with van der Waals surface area (Å²) < 4.78 is 5.19. The highest BCUT2D eigenvalue weighted by Crippen LogP contribution is 2.19. The first-order chi connectivity index (χ1) is 13.3. The van der Waals surface area contributed by atoms with Crippen molar-refractivity contribution in [2.24, 2.45) is 10.9 Å². The van der Waals surface area contributed by atoms with Gasteiger partial charge in [-0.2, -0.15) is 0 Å². The molecule has 0 aromatic carbocycles. The summed E-state index contributed by atoms with van der Waals surface area (Å²) in [6.07, 6.45) is 7.90. The lowest BCUT2D eigenvalue weighted by Gasteiger charge is -2.35. The van der Waals surface area contributed by atoms with Crippen LogP contribution in [0, 0.1) is 5.92 Å². The molecule has 0 aromatic rings. The van der Waals surface area contributed by atoms with Crippen LogP contribution in [0.2, 0.25) is 0 Å². The number of methoxy groups -OCH3 is 1. The largest absolute Gasteiger partial charge is 0.383 e. The molecule has 1 unspecified atom stereocenters. The highest BCUT2D eigenvalue weighted by Gasteiger charge is 2.20. The second-order valence-corrected chi connectivity index (χ2v) is 8.02. The van der Waals surface area contributed by atoms with Crippen LogP contribution in [0.15, 0.2) is 4.99 Å². The highest BCUT2D eigenvalue weighted by atomic mass is 127. The van der Waals surface area contributed by atoms with Gasteiger partial charge in [-0.3, -0.25) is 9.89 Å². The van der Waals surface area contributed by atoms with Crippen molar-refractivity contribution in [3.05, 3.63) is 0 Å². The first kappa shape index (κ1) is 25.9. The van der Waals surface area contributed by atoms with E-state index < -0.39 is 0 Å². The first-order valence-corrected chi connectivity index (χ1v) is 11.2. The molecule has 1 atom stereocenters. The topological polar surface area (TPSA) is 52.1 Å². The zero-order valence-electron chi connectivity index (χ0n) is 18.4. The second-order valence-electron chi connectivity index (χ2n) is 8.02. The van der Waals surface area contributed by atoms with E-state index in [0.717, 1.165) is 51.3 Å². The molecular formula is C21H44IN5O. The number of nitrogens with zero attached hydrogens (tertiary/aromatic N) is 3. The summed E-state index contributed by atoms with van der Waals surface area (Å²) in [7, 11) is 1.78. The zero-order chi connectivity index (χ0) is 19.3. The number of hydrogen-bond donors (Lipinski definition) is 2. The van der Waals surface area contributed by atoms with E-state index in [2.05, 4.69) is 34.3 Å². The number of likely N-dealkylation sites (tertiary alicyclic amines) is 2. The summed E-state index contributed by atoms with van der Waals surface area (Å²) in [5.41, 5.74) is 0. The van der Waals surface area contributed by atoms with Gasteiger partial charge < -0.3 is 20.3 Å². The quantitative estimate of drug-likeness (QED) is 0.270. The maximum atomic E-state index is 5.19. The van der Waals surface area contributed by atoms with Crippen molar-refractivity contribution in [2.45, 2.75) is 58.4 Å². The molecule has 2 aliphatic heterocycles. The molecule has 0 aliphatic carbocycles. The van der Waals surface area contributed by atoms with E-state index in [0.29, 0.717) is 5.92 Å². The number of nitrogens with one attached hydrogen (secondary N) is 2. The van der Waals surface area contributed by atoms with Crippen LogP contribution in [0.3, 0.4) is 0 Å². The van der Waals surface area contributed by atoms with Gasteiger partial charge in [-0.15, -0.1) is 24.0 Å². The maximum absolute atomic E-state index is 5.19. The Morgan fingerprint density at radius 3 is 2.50 bits per heavy atom. The van der Waals surface area contributed by atoms with Gasteiger partial charge in [0.25, 0.3) is 0 Å². The Morgan fingerprint density at radius 1 is 1.04 bits per heavy atom. The average molecular weight is 510 g/mol. The van der Waals surface area contributed by atoms with Crippen molar-refractivity contribution < 1.29 is 4.74 Å². The number of guanidine groups is 1. The molecule has 2 heterocycles. The Kier molecular flexibility index (Phi) is 14.5. The van der Waals surface area contributed by atoms with Gasteiger partial charge in [-0.05, 0) is 64.6 Å². The molecule has 0 saturated carbocycles. The first-order valence-electron chi connectivity index (χ1n) is 11.2. The van der Waals surface area contributed by atoms with Gasteiger partial charge in [-0.25, -0.2) is 0 Å². The Morgan fingerprint density at radius 2 is 1.82 bits per heavy atom. The third-order valence-corrected chi connectivity index (χ3v) is 6.08. The van der Waals surface area contributed by atoms with E-state index in [1.54, 1.807) is 7.11 Å². The molecule has 0 bridgehead atoms. The zero-order valence-corrected chi connectivity index (χ0v) is 20.7. The molecule has 166 valence electrons. The van der Waals surface area contributed by atoms with Gasteiger partial charge >= 0.3 is 0 Å². The number of halogens is 1. The van der Waals surface area contributed by atoms with Crippen LogP contribution >= 0.6 is 24.0 Å². The minimum absolute atomic E-state index is 0. The molecule has 0 radical (unpaired) electrons. The maximum Gasteiger partial charge on any atom is 0.191 e. The predicted octanol–water partition coefficient (Wildman–Crippen LogP) is 2.78. The Balaban J connectivity index is 0.00000392. The van der Waals surface area contributed by atoms with Gasteiger partial charge in [0.05, 0.1) is 6.61 Å². The fourth-order valence-corrected chi connectivity index (χ4v) is 4.31. The summed E-state index contributed by atoms with van der Waals surface area (Å²) in [5, 5.41) is 6.97. The van der Waals surface area contributed by atoms with Crippen LogP contribution in [0.5, 0.6) is 0 Å². The average Bonchev–Trinajstić information content (AvgIpc) is 2.71. The van der Waals surface area contributed by atoms with Crippen molar-refractivity contribution in [1.82, 2.24) is 20.4 Å². The van der Waals surface area contributed by atoms with Gasteiger partial charge in [0, 0.05) is 45.9 Å². The van der Waals surface area contributed by atoms with Crippen molar-refractivity contribution in [1.29, 1.82) is 0 Å². The molecule has 6 nitrogen and oxygen atoms in total. The summed E-state index contributed by atoms with van der Waals surface area (Å²) in [6.45, 7) is 14.0. The third-order valence-electron chi connectivity index (χ3n) is 6.08. The second kappa shape index (κ2) is 15.7. The number of hydrogen-bond acceptors (Lipinski definition) is 4. The highest BCUT2D eigenvalue weighted by molar-refractivity contribution is 14.0. The lowest BCUT2D eigenvalue weighted by molar-refractivity contribution is 0.121. The Bertz CT molecular complexity index is 416. The molecule has 2 aliphatic rings. The summed E-state index contributed by atoms with van der Waals surface area (Å²) in [6, 6.07) is 0.781. The van der Waals surface area contributed by atoms with Crippen molar-refractivity contribution in [3.63, 3.8) is 0 Å². The molecule has 2 fully saturated rings. The van der Waals surface area contributed by atoms with Gasteiger partial charge in [-0.1, -0.05) is 13.3 Å². The van der Waals surface area contributed by atoms with Crippen molar-refractivity contribution in [3.8, 4) is 0 Å². The van der Waals surface area contributed by atoms with Crippen LogP contribution in [0.25, 0.3) is 0 Å². The SMILES string of the molecule is CCNC(=NCC1CCN(CCOC)CC1)NCCN1CCCCC1CC.I. The lowest BCUT2D eigenvalue weighted by Crippen LogP contribution is -2.46. The van der Waals surface area contributed by atoms with Crippen molar-refractivity contribution >= 4 is 29.9 Å². The molecule has 2 rings (SSSR count). The van der Waals surface area contributed by atoms with Gasteiger partial charge in [0.15, 0.2) is 5.96 Å². The fourth-order valence-electron chi connectivity index (χ4n) is 4.31. The van der Waals surface area contributed by atoms with Crippen LogP contribution in [0.1, 0.15) is 52.4 Å². The molecule has 2 N–H and O–H groups in total. The van der Waals surface area contributed by atoms with Crippen LogP contribution in [-0.4, -0.2) is 87.9 Å². The smallest absolute Gasteiger partial charge is 0.191 e. The van der Waals surface area contributed by atoms with Crippen molar-refractivity contribution in [2.75, 3.05) is 66.1 Å². The molecule has 28 heavy (non-hydrogen) atoms. The predicted molar refractivity (Wildman–Crippen MR) is 130 cm³/mol. The van der Waals surface area contributed by atoms with E-state index in [4.69, 9.17) is 9.73 Å². The summed E-state index contributed by atoms with van der Waals surface area (Å²) in [5.74, 6) is 1.70. The number of rotatable bonds is 10. The van der Waals surface area contributed by atoms with Gasteiger partial charge in [0.1, 0.15) is 0 Å². The van der Waals surface area contributed by atoms with E-state index in [1.165, 1.54) is 58.2 Å². The van der Waals surface area contributed by atoms with E-state index >= 15 is 0 Å². The minimum atomic E-state index is 0. The van der Waals surface area contributed by atoms with Gasteiger partial charge in [0.2, 0.25) is 0 Å². The Labute approximate surface area is 190 Å². The molecule has 7 heteroatoms. The van der Waals surface area contributed by atoms with Crippen LogP contribution in [-0.2, 0) is 4.74 Å². The van der Waals surface area contributed by atoms with Crippen LogP contribution < -0.4 is 10.6 Å². The standard InChI is InChI=1S/C21H43N5O.HI/c1-4-20-8-6-7-12-26(20)15-11-23-21(22-5-2)24-18-19-9-13-25(14-10-19)16-17-27-3;/h19-20H,4-18H2,1-3H3,(H2,22,23,24);1H. The molecule has 0 aromatic heterocycles. The van der Waals surface area contributed by atoms with E-state index in [-0.39, 0.29) is 24.0 Å². The molecular weight excluding hydrogens is 465 g/mol. The lowest BCUT2D eigenvalue weighted by atomic mass is 9.97. The molecule has 0 amide bonds. The summed E-state index contributed by atoms with van der Waals surface area (Å²) >= 11 is 0. The van der Waals surface area contributed by atoms with Crippen LogP contribution in [0.4, 0.5) is 0 Å². The third kappa shape index (κ3) is 9.59. The number of ether oxygens (including phenoxy) is 1. The fraction of sp³-hybridized carbons (Fsp3) is 0.952. The normalized spacial score (nSPS) is 22.7. The minimum Gasteiger partial charge on any atom is -0.383 e. The molecule has 0 spiro atoms. The Hall–Kier alpha value is -0.120. The number of aliphatic imine (C=N–C) groups is 1.